The maximum atomic E-state index is 5.68. The number of hydrogen-bond acceptors (Lipinski definition) is 4. The van der Waals surface area contributed by atoms with Gasteiger partial charge in [0.2, 0.25) is 0 Å². The van der Waals surface area contributed by atoms with Gasteiger partial charge in [-0.25, -0.2) is 0 Å². The first-order valence-corrected chi connectivity index (χ1v) is 6.91. The Labute approximate surface area is 120 Å². The van der Waals surface area contributed by atoms with E-state index in [4.69, 9.17) is 10.6 Å². The topological polar surface area (TPSA) is 60.2 Å². The Morgan fingerprint density at radius 1 is 1.25 bits per heavy atom. The van der Waals surface area contributed by atoms with Crippen molar-refractivity contribution in [3.63, 3.8) is 0 Å². The Morgan fingerprint density at radius 2 is 2.05 bits per heavy atom. The molecule has 2 aromatic rings. The van der Waals surface area contributed by atoms with E-state index in [1.807, 2.05) is 30.5 Å². The van der Waals surface area contributed by atoms with E-state index in [0.717, 1.165) is 24.2 Å². The molecule has 0 spiro atoms. The van der Waals surface area contributed by atoms with Crippen molar-refractivity contribution in [1.82, 2.24) is 10.4 Å². The number of nitrogens with zero attached hydrogens (tertiary/aromatic N) is 1. The van der Waals surface area contributed by atoms with Crippen LogP contribution in [0.2, 0.25) is 0 Å². The number of ether oxygens (including phenoxy) is 1. The molecule has 0 fully saturated rings. The van der Waals surface area contributed by atoms with E-state index < -0.39 is 0 Å². The third-order valence-corrected chi connectivity index (χ3v) is 3.09. The molecule has 4 nitrogen and oxygen atoms in total. The predicted octanol–water partition coefficient (Wildman–Crippen LogP) is 2.62. The van der Waals surface area contributed by atoms with Crippen LogP contribution in [0, 0.1) is 0 Å². The van der Waals surface area contributed by atoms with Crippen LogP contribution in [0.5, 0.6) is 5.75 Å². The molecule has 0 aliphatic rings. The van der Waals surface area contributed by atoms with Gasteiger partial charge in [-0.15, -0.1) is 0 Å². The van der Waals surface area contributed by atoms with Crippen molar-refractivity contribution in [3.8, 4) is 5.75 Å². The highest BCUT2D eigenvalue weighted by Gasteiger charge is 2.12. The van der Waals surface area contributed by atoms with Crippen LogP contribution in [-0.2, 0) is 6.42 Å². The molecule has 4 heteroatoms. The minimum atomic E-state index is 0.0232. The summed E-state index contributed by atoms with van der Waals surface area (Å²) in [6.45, 7) is 2.78. The summed E-state index contributed by atoms with van der Waals surface area (Å²) in [7, 11) is 0. The summed E-state index contributed by atoms with van der Waals surface area (Å²) in [5.41, 5.74) is 5.12. The van der Waals surface area contributed by atoms with Crippen molar-refractivity contribution in [2.75, 3.05) is 6.61 Å². The Hall–Kier alpha value is -1.91. The number of nitrogens with two attached hydrogens (primary N) is 1. The lowest BCUT2D eigenvalue weighted by molar-refractivity contribution is 0.315. The highest BCUT2D eigenvalue weighted by Crippen LogP contribution is 2.21. The maximum absolute atomic E-state index is 5.68. The van der Waals surface area contributed by atoms with Crippen molar-refractivity contribution in [3.05, 3.63) is 59.9 Å². The van der Waals surface area contributed by atoms with Gasteiger partial charge < -0.3 is 4.74 Å². The first-order chi connectivity index (χ1) is 9.83. The first-order valence-electron chi connectivity index (χ1n) is 6.91. The van der Waals surface area contributed by atoms with E-state index in [1.165, 1.54) is 5.56 Å². The third-order valence-electron chi connectivity index (χ3n) is 3.09. The molecule has 0 aliphatic heterocycles. The van der Waals surface area contributed by atoms with Crippen LogP contribution in [0.4, 0.5) is 0 Å². The molecule has 1 aromatic carbocycles. The van der Waals surface area contributed by atoms with Crippen molar-refractivity contribution in [2.45, 2.75) is 25.8 Å². The van der Waals surface area contributed by atoms with E-state index in [9.17, 15) is 0 Å². The average Bonchev–Trinajstić information content (AvgIpc) is 2.52. The number of benzene rings is 1. The number of hydrazine groups is 1. The molecule has 2 rings (SSSR count). The van der Waals surface area contributed by atoms with Crippen molar-refractivity contribution < 1.29 is 4.74 Å². The zero-order chi connectivity index (χ0) is 14.2. The van der Waals surface area contributed by atoms with Crippen molar-refractivity contribution in [1.29, 1.82) is 0 Å². The quantitative estimate of drug-likeness (QED) is 0.600. The molecule has 0 saturated carbocycles. The fraction of sp³-hybridized carbons (Fsp3) is 0.312. The van der Waals surface area contributed by atoms with Crippen LogP contribution in [-0.4, -0.2) is 11.6 Å². The number of aromatic nitrogens is 1. The Bertz CT molecular complexity index is 516. The van der Waals surface area contributed by atoms with E-state index in [-0.39, 0.29) is 6.04 Å². The number of hydrogen-bond donors (Lipinski definition) is 2. The predicted molar refractivity (Wildman–Crippen MR) is 80.2 cm³/mol. The smallest absolute Gasteiger partial charge is 0.137 e. The standard InChI is InChI=1S/C16H21N3O/c1-2-8-20-15-10-14(11-18-12-15)16(19-17)9-13-6-4-3-5-7-13/h3-7,10-12,16,19H,2,8-9,17H2,1H3. The molecule has 0 saturated heterocycles. The van der Waals surface area contributed by atoms with E-state index in [1.54, 1.807) is 6.20 Å². The summed E-state index contributed by atoms with van der Waals surface area (Å²) in [6, 6.07) is 12.3. The molecule has 0 amide bonds. The minimum Gasteiger partial charge on any atom is -0.492 e. The summed E-state index contributed by atoms with van der Waals surface area (Å²) in [5, 5.41) is 0. The van der Waals surface area contributed by atoms with Gasteiger partial charge in [0, 0.05) is 6.20 Å². The first kappa shape index (κ1) is 14.5. The third kappa shape index (κ3) is 4.05. The average molecular weight is 271 g/mol. The van der Waals surface area contributed by atoms with Crippen LogP contribution >= 0.6 is 0 Å². The zero-order valence-corrected chi connectivity index (χ0v) is 11.8. The number of pyridine rings is 1. The fourth-order valence-electron chi connectivity index (χ4n) is 2.05. The summed E-state index contributed by atoms with van der Waals surface area (Å²) in [5.74, 6) is 6.47. The van der Waals surface area contributed by atoms with E-state index in [2.05, 4.69) is 29.5 Å². The second kappa shape index (κ2) is 7.62. The summed E-state index contributed by atoms with van der Waals surface area (Å²) < 4.78 is 5.61. The van der Waals surface area contributed by atoms with Crippen molar-refractivity contribution >= 4 is 0 Å². The van der Waals surface area contributed by atoms with Gasteiger partial charge >= 0.3 is 0 Å². The van der Waals surface area contributed by atoms with Gasteiger partial charge in [-0.05, 0) is 30.0 Å². The normalized spacial score (nSPS) is 12.1. The molecule has 1 unspecified atom stereocenters. The van der Waals surface area contributed by atoms with Gasteiger partial charge in [0.15, 0.2) is 0 Å². The van der Waals surface area contributed by atoms with Gasteiger partial charge in [-0.1, -0.05) is 37.3 Å². The molecule has 20 heavy (non-hydrogen) atoms. The molecule has 1 atom stereocenters. The van der Waals surface area contributed by atoms with E-state index in [0.29, 0.717) is 6.61 Å². The van der Waals surface area contributed by atoms with Crippen LogP contribution in [0.3, 0.4) is 0 Å². The maximum Gasteiger partial charge on any atom is 0.137 e. The lowest BCUT2D eigenvalue weighted by Gasteiger charge is -2.17. The summed E-state index contributed by atoms with van der Waals surface area (Å²) in [4.78, 5) is 4.23. The molecule has 3 N–H and O–H groups in total. The zero-order valence-electron chi connectivity index (χ0n) is 11.8. The Kier molecular flexibility index (Phi) is 5.53. The SMILES string of the molecule is CCCOc1cncc(C(Cc2ccccc2)NN)c1. The highest BCUT2D eigenvalue weighted by atomic mass is 16.5. The van der Waals surface area contributed by atoms with Gasteiger partial charge in [0.05, 0.1) is 18.8 Å². The minimum absolute atomic E-state index is 0.0232. The van der Waals surface area contributed by atoms with Gasteiger partial charge in [0.1, 0.15) is 5.75 Å². The van der Waals surface area contributed by atoms with E-state index >= 15 is 0 Å². The van der Waals surface area contributed by atoms with Crippen LogP contribution in [0.15, 0.2) is 48.8 Å². The van der Waals surface area contributed by atoms with Gasteiger partial charge in [0.25, 0.3) is 0 Å². The van der Waals surface area contributed by atoms with Crippen LogP contribution in [0.25, 0.3) is 0 Å². The van der Waals surface area contributed by atoms with Gasteiger partial charge in [-0.2, -0.15) is 0 Å². The van der Waals surface area contributed by atoms with Crippen LogP contribution < -0.4 is 16.0 Å². The Balaban J connectivity index is 2.10. The lowest BCUT2D eigenvalue weighted by Crippen LogP contribution is -2.29. The summed E-state index contributed by atoms with van der Waals surface area (Å²) >= 11 is 0. The highest BCUT2D eigenvalue weighted by molar-refractivity contribution is 5.28. The van der Waals surface area contributed by atoms with Gasteiger partial charge in [-0.3, -0.25) is 16.3 Å². The second-order valence-electron chi connectivity index (χ2n) is 4.71. The van der Waals surface area contributed by atoms with Crippen molar-refractivity contribution in [2.24, 2.45) is 5.84 Å². The number of nitrogens with one attached hydrogen (secondary N) is 1. The molecule has 0 bridgehead atoms. The largest absolute Gasteiger partial charge is 0.492 e. The molecule has 0 aliphatic carbocycles. The molecule has 1 aromatic heterocycles. The Morgan fingerprint density at radius 3 is 2.75 bits per heavy atom. The summed E-state index contributed by atoms with van der Waals surface area (Å²) in [6.07, 6.45) is 5.35. The molecular formula is C16H21N3O. The molecule has 0 radical (unpaired) electrons. The lowest BCUT2D eigenvalue weighted by atomic mass is 10.0. The fourth-order valence-corrected chi connectivity index (χ4v) is 2.05. The van der Waals surface area contributed by atoms with Crippen LogP contribution in [0.1, 0.15) is 30.5 Å². The molecule has 1 heterocycles. The molecular weight excluding hydrogens is 250 g/mol. The number of rotatable bonds is 7. The monoisotopic (exact) mass is 271 g/mol. The second-order valence-corrected chi connectivity index (χ2v) is 4.71. The molecule has 106 valence electrons.